The highest BCUT2D eigenvalue weighted by atomic mass is 16.3. The lowest BCUT2D eigenvalue weighted by molar-refractivity contribution is -0.140. The number of nitrogens with two attached hydrogens (primary N) is 1. The smallest absolute Gasteiger partial charge is 0.266 e. The molecule has 1 atom stereocenters. The molecule has 10 heteroatoms. The Bertz CT molecular complexity index is 801. The normalized spacial score (nSPS) is 23.5. The van der Waals surface area contributed by atoms with E-state index < -0.39 is 63.2 Å². The van der Waals surface area contributed by atoms with E-state index >= 15 is 0 Å². The molecule has 0 radical (unpaired) electrons. The number of nitrogens with zero attached hydrogens (tertiary/aromatic N) is 1. The van der Waals surface area contributed by atoms with Crippen molar-refractivity contribution in [3.05, 3.63) is 11.1 Å². The second kappa shape index (κ2) is 4.60. The zero-order valence-corrected chi connectivity index (χ0v) is 12.4. The van der Waals surface area contributed by atoms with Crippen molar-refractivity contribution in [2.75, 3.05) is 5.73 Å². The Balaban J connectivity index is 2.18. The van der Waals surface area contributed by atoms with Crippen molar-refractivity contribution in [1.82, 2.24) is 10.2 Å². The maximum Gasteiger partial charge on any atom is 0.266 e. The fraction of sp³-hybridized carbons (Fsp3) is 0.286. The monoisotopic (exact) mass is 335 g/mol. The Morgan fingerprint density at radius 3 is 2.17 bits per heavy atom. The highest BCUT2D eigenvalue weighted by molar-refractivity contribution is 6.28. The van der Waals surface area contributed by atoms with E-state index in [1.807, 2.05) is 0 Å². The number of hydrogen-bond donors (Lipinski definition) is 5. The molecule has 24 heavy (non-hydrogen) atoms. The lowest BCUT2D eigenvalue weighted by Crippen LogP contribution is -2.62. The number of fused-ring (bicyclic) bond motifs is 1. The number of benzene rings is 1. The van der Waals surface area contributed by atoms with Gasteiger partial charge in [0.2, 0.25) is 11.7 Å². The number of amides is 4. The molecule has 10 nitrogen and oxygen atoms in total. The molecule has 1 saturated heterocycles. The predicted octanol–water partition coefficient (Wildman–Crippen LogP) is -0.823. The van der Waals surface area contributed by atoms with Crippen molar-refractivity contribution < 1.29 is 34.5 Å². The number of nitrogens with one attached hydrogen (secondary N) is 1. The molecule has 1 fully saturated rings. The van der Waals surface area contributed by atoms with E-state index in [0.717, 1.165) is 0 Å². The minimum Gasteiger partial charge on any atom is -0.504 e. The van der Waals surface area contributed by atoms with Gasteiger partial charge in [0.05, 0.1) is 11.3 Å². The molecule has 2 heterocycles. The molecule has 126 valence electrons. The Labute approximate surface area is 134 Å². The molecule has 0 bridgehead atoms. The van der Waals surface area contributed by atoms with Crippen LogP contribution in [0.15, 0.2) is 0 Å². The number of hydrogen-bond acceptors (Lipinski definition) is 8. The van der Waals surface area contributed by atoms with Gasteiger partial charge >= 0.3 is 0 Å². The summed E-state index contributed by atoms with van der Waals surface area (Å²) in [4.78, 5) is 49.3. The third-order valence-corrected chi connectivity index (χ3v) is 4.37. The molecule has 4 amide bonds. The van der Waals surface area contributed by atoms with Crippen molar-refractivity contribution >= 4 is 29.3 Å². The fourth-order valence-electron chi connectivity index (χ4n) is 2.93. The Kier molecular flexibility index (Phi) is 2.99. The van der Waals surface area contributed by atoms with Crippen LogP contribution < -0.4 is 11.1 Å². The summed E-state index contributed by atoms with van der Waals surface area (Å²) in [6.07, 6.45) is -0.199. The molecule has 1 aromatic carbocycles. The van der Waals surface area contributed by atoms with E-state index in [0.29, 0.717) is 4.90 Å². The SMILES string of the molecule is CC1(N2C(=O)c3c(N)c(O)c(O)c(O)c3C2=O)CCC(=O)NC1=O. The summed E-state index contributed by atoms with van der Waals surface area (Å²) in [5, 5.41) is 31.2. The molecular formula is C14H13N3O7. The van der Waals surface area contributed by atoms with E-state index in [2.05, 4.69) is 5.32 Å². The topological polar surface area (TPSA) is 170 Å². The summed E-state index contributed by atoms with van der Waals surface area (Å²) in [6.45, 7) is 1.30. The minimum absolute atomic E-state index is 0.0897. The molecule has 6 N–H and O–H groups in total. The summed E-state index contributed by atoms with van der Waals surface area (Å²) in [5.41, 5.74) is 2.21. The van der Waals surface area contributed by atoms with Gasteiger partial charge in [-0.3, -0.25) is 29.4 Å². The van der Waals surface area contributed by atoms with Gasteiger partial charge < -0.3 is 21.1 Å². The highest BCUT2D eigenvalue weighted by Gasteiger charge is 2.54. The number of phenolic OH excluding ortho intramolecular Hbond substituents is 3. The van der Waals surface area contributed by atoms with Crippen LogP contribution >= 0.6 is 0 Å². The maximum atomic E-state index is 12.6. The molecule has 1 aromatic rings. The van der Waals surface area contributed by atoms with Crippen LogP contribution in [0.5, 0.6) is 17.2 Å². The third kappa shape index (κ3) is 1.70. The van der Waals surface area contributed by atoms with Crippen molar-refractivity contribution in [3.63, 3.8) is 0 Å². The number of carbonyl (C=O) groups excluding carboxylic acids is 4. The molecular weight excluding hydrogens is 322 g/mol. The van der Waals surface area contributed by atoms with Gasteiger partial charge in [0.1, 0.15) is 11.1 Å². The number of piperidine rings is 1. The van der Waals surface area contributed by atoms with Crippen LogP contribution in [-0.2, 0) is 9.59 Å². The van der Waals surface area contributed by atoms with Gasteiger partial charge in [-0.2, -0.15) is 0 Å². The number of imide groups is 2. The van der Waals surface area contributed by atoms with E-state index in [1.54, 1.807) is 0 Å². The number of aromatic hydroxyl groups is 3. The quantitative estimate of drug-likeness (QED) is 0.192. The second-order valence-corrected chi connectivity index (χ2v) is 5.81. The lowest BCUT2D eigenvalue weighted by Gasteiger charge is -2.38. The summed E-state index contributed by atoms with van der Waals surface area (Å²) < 4.78 is 0. The van der Waals surface area contributed by atoms with Gasteiger partial charge in [0.25, 0.3) is 17.7 Å². The van der Waals surface area contributed by atoms with Gasteiger partial charge in [-0.1, -0.05) is 0 Å². The van der Waals surface area contributed by atoms with Crippen molar-refractivity contribution in [3.8, 4) is 17.2 Å². The number of carbonyl (C=O) groups is 4. The van der Waals surface area contributed by atoms with Crippen LogP contribution in [0.4, 0.5) is 5.69 Å². The first kappa shape index (κ1) is 15.6. The lowest BCUT2D eigenvalue weighted by atomic mass is 9.89. The van der Waals surface area contributed by atoms with Gasteiger partial charge in [-0.25, -0.2) is 0 Å². The number of anilines is 1. The van der Waals surface area contributed by atoms with Gasteiger partial charge in [0, 0.05) is 6.42 Å². The third-order valence-electron chi connectivity index (χ3n) is 4.37. The summed E-state index contributed by atoms with van der Waals surface area (Å²) in [5.74, 6) is -6.43. The first-order valence-electron chi connectivity index (χ1n) is 6.90. The highest BCUT2D eigenvalue weighted by Crippen LogP contribution is 2.49. The second-order valence-electron chi connectivity index (χ2n) is 5.81. The summed E-state index contributed by atoms with van der Waals surface area (Å²) in [7, 11) is 0. The molecule has 2 aliphatic rings. The van der Waals surface area contributed by atoms with Gasteiger partial charge in [-0.15, -0.1) is 0 Å². The van der Waals surface area contributed by atoms with Crippen LogP contribution in [0.1, 0.15) is 40.5 Å². The largest absolute Gasteiger partial charge is 0.504 e. The summed E-state index contributed by atoms with van der Waals surface area (Å²) in [6, 6.07) is 0. The zero-order valence-electron chi connectivity index (χ0n) is 12.4. The molecule has 2 aliphatic heterocycles. The average molecular weight is 335 g/mol. The molecule has 0 aliphatic carbocycles. The van der Waals surface area contributed by atoms with Crippen molar-refractivity contribution in [2.24, 2.45) is 0 Å². The van der Waals surface area contributed by atoms with Crippen LogP contribution in [0, 0.1) is 0 Å². The molecule has 0 saturated carbocycles. The van der Waals surface area contributed by atoms with Gasteiger partial charge in [-0.05, 0) is 13.3 Å². The van der Waals surface area contributed by atoms with Gasteiger partial charge in [0.15, 0.2) is 11.5 Å². The molecule has 3 rings (SSSR count). The fourth-order valence-corrected chi connectivity index (χ4v) is 2.93. The number of phenols is 3. The average Bonchev–Trinajstić information content (AvgIpc) is 2.79. The Morgan fingerprint density at radius 2 is 1.58 bits per heavy atom. The Morgan fingerprint density at radius 1 is 1.00 bits per heavy atom. The minimum atomic E-state index is -1.68. The summed E-state index contributed by atoms with van der Waals surface area (Å²) >= 11 is 0. The number of rotatable bonds is 1. The zero-order chi connectivity index (χ0) is 18.0. The first-order valence-corrected chi connectivity index (χ1v) is 6.90. The number of nitrogen functional groups attached to an aromatic ring is 1. The molecule has 0 spiro atoms. The van der Waals surface area contributed by atoms with Crippen LogP contribution in [0.25, 0.3) is 0 Å². The standard InChI is InChI=1S/C14H13N3O7/c1-14(3-2-4(18)16-13(14)24)17-11(22)5-6(12(17)23)8(19)10(21)9(20)7(5)15/h19-21H,2-3,15H2,1H3,(H,16,18,24). The molecule has 1 unspecified atom stereocenters. The molecule has 0 aromatic heterocycles. The predicted molar refractivity (Wildman–Crippen MR) is 77.1 cm³/mol. The maximum absolute atomic E-state index is 12.6. The Hall–Kier alpha value is -3.30. The van der Waals surface area contributed by atoms with E-state index in [-0.39, 0.29) is 12.8 Å². The van der Waals surface area contributed by atoms with Crippen LogP contribution in [0.3, 0.4) is 0 Å². The van der Waals surface area contributed by atoms with Crippen molar-refractivity contribution in [2.45, 2.75) is 25.3 Å². The van der Waals surface area contributed by atoms with Crippen LogP contribution in [0.2, 0.25) is 0 Å². The van der Waals surface area contributed by atoms with Crippen LogP contribution in [-0.4, -0.2) is 49.4 Å². The van der Waals surface area contributed by atoms with E-state index in [9.17, 15) is 34.5 Å². The van der Waals surface area contributed by atoms with E-state index in [4.69, 9.17) is 5.73 Å². The van der Waals surface area contributed by atoms with E-state index in [1.165, 1.54) is 6.92 Å². The van der Waals surface area contributed by atoms with Crippen molar-refractivity contribution in [1.29, 1.82) is 0 Å². The first-order chi connectivity index (χ1) is 11.1.